The van der Waals surface area contributed by atoms with Crippen molar-refractivity contribution in [1.82, 2.24) is 0 Å². The zero-order valence-corrected chi connectivity index (χ0v) is 28.0. The van der Waals surface area contributed by atoms with Gasteiger partial charge in [0.15, 0.2) is 0 Å². The van der Waals surface area contributed by atoms with E-state index in [1.807, 2.05) is 6.92 Å². The highest BCUT2D eigenvalue weighted by atomic mass is 35.5. The molecule has 0 aromatic heterocycles. The number of hydrogen-bond donors (Lipinski definition) is 1. The van der Waals surface area contributed by atoms with Crippen LogP contribution >= 0.6 is 58.0 Å². The summed E-state index contributed by atoms with van der Waals surface area (Å²) in [5, 5.41) is 3.81. The molecule has 0 radical (unpaired) electrons. The van der Waals surface area contributed by atoms with E-state index in [9.17, 15) is 14.4 Å². The third-order valence-electron chi connectivity index (χ3n) is 6.95. The molecule has 0 saturated heterocycles. The molecular weight excluding hydrogens is 656 g/mol. The number of halogens is 5. The Balaban J connectivity index is 1.50. The average molecular weight is 686 g/mol. The number of alkyl halides is 2. The van der Waals surface area contributed by atoms with Gasteiger partial charge in [0, 0.05) is 47.1 Å². The number of hydrogen-bond acceptors (Lipinski definition) is 4. The predicted molar refractivity (Wildman–Crippen MR) is 176 cm³/mol. The van der Waals surface area contributed by atoms with Crippen LogP contribution in [0.25, 0.3) is 0 Å². The Hall–Kier alpha value is -2.68. The quantitative estimate of drug-likeness (QED) is 0.263. The molecule has 2 atom stereocenters. The number of carbonyl (C=O) groups excluding carboxylic acids is 3. The lowest BCUT2D eigenvalue weighted by atomic mass is 10.1. The summed E-state index contributed by atoms with van der Waals surface area (Å²) < 4.78 is 4.08. The monoisotopic (exact) mass is 683 g/mol. The fraction of sp³-hybridized carbons (Fsp3) is 0.323. The van der Waals surface area contributed by atoms with E-state index in [-0.39, 0.29) is 10.6 Å². The third kappa shape index (κ3) is 7.35. The van der Waals surface area contributed by atoms with Crippen molar-refractivity contribution in [1.29, 1.82) is 0 Å². The first-order chi connectivity index (χ1) is 19.9. The second kappa shape index (κ2) is 12.4. The highest BCUT2D eigenvalue weighted by Gasteiger charge is 2.67. The molecule has 7 nitrogen and oxygen atoms in total. The highest BCUT2D eigenvalue weighted by molar-refractivity contribution is 6.53. The van der Waals surface area contributed by atoms with Crippen molar-refractivity contribution in [2.24, 2.45) is 5.92 Å². The number of nitrogens with zero attached hydrogens (tertiary/aromatic N) is 2. The minimum Gasteiger partial charge on any atom is -0.443 e. The molecule has 0 spiro atoms. The van der Waals surface area contributed by atoms with E-state index in [0.717, 1.165) is 5.56 Å². The van der Waals surface area contributed by atoms with Gasteiger partial charge in [-0.05, 0) is 93.4 Å². The van der Waals surface area contributed by atoms with Crippen LogP contribution in [0.1, 0.15) is 48.2 Å². The molecule has 1 aliphatic rings. The van der Waals surface area contributed by atoms with Crippen molar-refractivity contribution in [2.75, 3.05) is 29.2 Å². The summed E-state index contributed by atoms with van der Waals surface area (Å²) >= 11 is 31.7. The fourth-order valence-corrected chi connectivity index (χ4v) is 6.33. The summed E-state index contributed by atoms with van der Waals surface area (Å²) in [7, 11) is 3.23. The lowest BCUT2D eigenvalue weighted by molar-refractivity contribution is -0.117. The van der Waals surface area contributed by atoms with Crippen LogP contribution in [-0.2, 0) is 9.53 Å². The molecule has 1 N–H and O–H groups in total. The summed E-state index contributed by atoms with van der Waals surface area (Å²) in [6.45, 7) is 7.21. The first-order valence-corrected chi connectivity index (χ1v) is 15.1. The maximum Gasteiger partial charge on any atom is 0.414 e. The maximum absolute atomic E-state index is 13.6. The molecule has 0 bridgehead atoms. The lowest BCUT2D eigenvalue weighted by Gasteiger charge is -2.26. The molecule has 4 rings (SSSR count). The molecule has 1 saturated carbocycles. The number of nitrogens with one attached hydrogen (secondary N) is 1. The number of carbonyl (C=O) groups is 3. The van der Waals surface area contributed by atoms with Gasteiger partial charge in [0.2, 0.25) is 5.91 Å². The zero-order chi connectivity index (χ0) is 32.0. The van der Waals surface area contributed by atoms with E-state index < -0.39 is 39.7 Å². The van der Waals surface area contributed by atoms with Crippen molar-refractivity contribution in [3.63, 3.8) is 0 Å². The van der Waals surface area contributed by atoms with Gasteiger partial charge >= 0.3 is 6.09 Å². The number of amides is 3. The molecule has 0 aliphatic heterocycles. The molecule has 228 valence electrons. The van der Waals surface area contributed by atoms with Crippen molar-refractivity contribution in [3.05, 3.63) is 86.4 Å². The van der Waals surface area contributed by atoms with Crippen LogP contribution in [0, 0.1) is 12.8 Å². The van der Waals surface area contributed by atoms with Crippen LogP contribution in [-0.4, -0.2) is 41.9 Å². The Morgan fingerprint density at radius 3 is 2.09 bits per heavy atom. The van der Waals surface area contributed by atoms with E-state index in [4.69, 9.17) is 62.7 Å². The van der Waals surface area contributed by atoms with Gasteiger partial charge in [-0.2, -0.15) is 0 Å². The average Bonchev–Trinajstić information content (AvgIpc) is 3.48. The lowest BCUT2D eigenvalue weighted by Crippen LogP contribution is -2.34. The summed E-state index contributed by atoms with van der Waals surface area (Å²) in [6, 6.07) is 14.8. The van der Waals surface area contributed by atoms with Crippen LogP contribution in [0.3, 0.4) is 0 Å². The topological polar surface area (TPSA) is 79.0 Å². The Morgan fingerprint density at radius 2 is 1.51 bits per heavy atom. The van der Waals surface area contributed by atoms with Crippen LogP contribution in [0.2, 0.25) is 15.1 Å². The van der Waals surface area contributed by atoms with Crippen LogP contribution < -0.4 is 15.1 Å². The molecule has 3 aromatic carbocycles. The predicted octanol–water partition coefficient (Wildman–Crippen LogP) is 9.13. The van der Waals surface area contributed by atoms with Gasteiger partial charge in [-0.1, -0.05) is 34.8 Å². The molecule has 1 fully saturated rings. The Morgan fingerprint density at radius 1 is 0.884 bits per heavy atom. The van der Waals surface area contributed by atoms with Crippen molar-refractivity contribution >= 4 is 93.0 Å². The van der Waals surface area contributed by atoms with Crippen LogP contribution in [0.4, 0.5) is 21.9 Å². The highest BCUT2D eigenvalue weighted by Crippen LogP contribution is 2.65. The van der Waals surface area contributed by atoms with Crippen molar-refractivity contribution < 1.29 is 19.1 Å². The van der Waals surface area contributed by atoms with Gasteiger partial charge < -0.3 is 15.0 Å². The van der Waals surface area contributed by atoms with Crippen LogP contribution in [0.15, 0.2) is 54.6 Å². The molecule has 3 aromatic rings. The van der Waals surface area contributed by atoms with E-state index in [0.29, 0.717) is 32.7 Å². The number of aryl methyl sites for hydroxylation is 1. The number of anilines is 3. The van der Waals surface area contributed by atoms with Gasteiger partial charge in [0.05, 0.1) is 16.5 Å². The van der Waals surface area contributed by atoms with Gasteiger partial charge in [-0.3, -0.25) is 14.5 Å². The van der Waals surface area contributed by atoms with Gasteiger partial charge in [0.1, 0.15) is 9.93 Å². The van der Waals surface area contributed by atoms with Crippen molar-refractivity contribution in [3.8, 4) is 0 Å². The molecule has 0 unspecified atom stereocenters. The van der Waals surface area contributed by atoms with Crippen molar-refractivity contribution in [2.45, 2.75) is 43.5 Å². The minimum absolute atomic E-state index is 0.174. The molecule has 12 heteroatoms. The second-order valence-corrected chi connectivity index (χ2v) is 14.1. The summed E-state index contributed by atoms with van der Waals surface area (Å²) in [6.07, 6.45) is -0.496. The molecular formula is C31H30Cl5N3O4. The third-order valence-corrected chi connectivity index (χ3v) is 8.65. The first kappa shape index (κ1) is 33.2. The molecule has 3 amide bonds. The Labute approximate surface area is 275 Å². The van der Waals surface area contributed by atoms with Gasteiger partial charge in [-0.15, -0.1) is 23.2 Å². The van der Waals surface area contributed by atoms with E-state index in [1.165, 1.54) is 21.9 Å². The van der Waals surface area contributed by atoms with Crippen LogP contribution in [0.5, 0.6) is 0 Å². The standard InChI is InChI=1S/C31H30Cl5N3O4/c1-16-11-21(38(5)29(42)43-30(2,3)4)8-10-24(16)39(6)28(41)22-15-20(7-9-23(22)34)37-27(40)26-25(31(26,35)36)17-12-18(32)14-19(33)13-17/h7-15,25-26H,1-6H3,(H,37,40)/t25-,26+/m0/s1. The zero-order valence-electron chi connectivity index (χ0n) is 24.3. The smallest absolute Gasteiger partial charge is 0.414 e. The van der Waals surface area contributed by atoms with Gasteiger partial charge in [0.25, 0.3) is 5.91 Å². The number of rotatable bonds is 6. The SMILES string of the molecule is Cc1cc(N(C)C(=O)OC(C)(C)C)ccc1N(C)C(=O)c1cc(NC(=O)[C@H]2[C@H](c3cc(Cl)cc(Cl)c3)C2(Cl)Cl)ccc1Cl. The molecule has 1 aliphatic carbocycles. The molecule has 0 heterocycles. The largest absolute Gasteiger partial charge is 0.443 e. The maximum atomic E-state index is 13.6. The number of ether oxygens (including phenoxy) is 1. The second-order valence-electron chi connectivity index (χ2n) is 11.4. The van der Waals surface area contributed by atoms with Gasteiger partial charge in [-0.25, -0.2) is 4.79 Å². The molecule has 43 heavy (non-hydrogen) atoms. The summed E-state index contributed by atoms with van der Waals surface area (Å²) in [5.74, 6) is -2.13. The van der Waals surface area contributed by atoms with E-state index in [1.54, 1.807) is 77.3 Å². The van der Waals surface area contributed by atoms with E-state index in [2.05, 4.69) is 5.32 Å². The first-order valence-electron chi connectivity index (χ1n) is 13.2. The number of benzene rings is 3. The Kier molecular flexibility index (Phi) is 9.56. The van der Waals surface area contributed by atoms with E-state index >= 15 is 0 Å². The normalized spacial score (nSPS) is 17.2. The Bertz CT molecular complexity index is 1580. The summed E-state index contributed by atoms with van der Waals surface area (Å²) in [4.78, 5) is 42.1. The fourth-order valence-electron chi connectivity index (χ4n) is 4.76. The minimum atomic E-state index is -1.36. The summed E-state index contributed by atoms with van der Waals surface area (Å²) in [5.41, 5.74) is 2.48.